The van der Waals surface area contributed by atoms with E-state index >= 15 is 0 Å². The highest BCUT2D eigenvalue weighted by Gasteiger charge is 2.29. The molecule has 0 spiro atoms. The van der Waals surface area contributed by atoms with Gasteiger partial charge in [-0.2, -0.15) is 0 Å². The molecule has 4 nitrogen and oxygen atoms in total. The van der Waals surface area contributed by atoms with Crippen molar-refractivity contribution < 1.29 is 14.0 Å². The van der Waals surface area contributed by atoms with E-state index in [1.165, 1.54) is 12.1 Å². The molecule has 0 saturated heterocycles. The number of halogens is 2. The first kappa shape index (κ1) is 22.7. The first-order chi connectivity index (χ1) is 15.0. The van der Waals surface area contributed by atoms with Crippen LogP contribution in [0, 0.1) is 5.82 Å². The highest BCUT2D eigenvalue weighted by atomic mass is 79.9. The summed E-state index contributed by atoms with van der Waals surface area (Å²) in [6.45, 7) is 0.290. The van der Waals surface area contributed by atoms with Crippen LogP contribution in [0.2, 0.25) is 0 Å². The van der Waals surface area contributed by atoms with Gasteiger partial charge in [0.05, 0.1) is 6.42 Å². The topological polar surface area (TPSA) is 49.4 Å². The van der Waals surface area contributed by atoms with Crippen LogP contribution in [0.4, 0.5) is 4.39 Å². The average Bonchev–Trinajstić information content (AvgIpc) is 2.79. The molecule has 1 atom stereocenters. The lowest BCUT2D eigenvalue weighted by Crippen LogP contribution is -2.50. The maximum absolute atomic E-state index is 13.4. The van der Waals surface area contributed by atoms with Crippen LogP contribution in [0.1, 0.15) is 16.7 Å². The fourth-order valence-corrected chi connectivity index (χ4v) is 3.65. The lowest BCUT2D eigenvalue weighted by Gasteiger charge is -2.31. The van der Waals surface area contributed by atoms with E-state index in [1.807, 2.05) is 54.6 Å². The second kappa shape index (κ2) is 10.9. The normalized spacial score (nSPS) is 11.6. The number of benzene rings is 3. The number of rotatable bonds is 8. The molecular weight excluding hydrogens is 459 g/mol. The van der Waals surface area contributed by atoms with Gasteiger partial charge >= 0.3 is 0 Å². The molecule has 1 N–H and O–H groups in total. The van der Waals surface area contributed by atoms with Gasteiger partial charge in [-0.1, -0.05) is 70.5 Å². The predicted molar refractivity (Wildman–Crippen MR) is 123 cm³/mol. The highest BCUT2D eigenvalue weighted by molar-refractivity contribution is 9.10. The average molecular weight is 483 g/mol. The van der Waals surface area contributed by atoms with Crippen molar-refractivity contribution in [3.05, 3.63) is 106 Å². The summed E-state index contributed by atoms with van der Waals surface area (Å²) in [4.78, 5) is 27.8. The number of nitrogens with zero attached hydrogens (tertiary/aromatic N) is 1. The molecule has 0 aliphatic heterocycles. The van der Waals surface area contributed by atoms with E-state index in [9.17, 15) is 14.0 Å². The molecule has 0 radical (unpaired) electrons. The zero-order valence-corrected chi connectivity index (χ0v) is 18.8. The van der Waals surface area contributed by atoms with E-state index in [1.54, 1.807) is 24.1 Å². The molecular formula is C25H24BrFN2O2. The number of likely N-dealkylation sites (N-methyl/N-ethyl adjacent to an activating group) is 1. The largest absolute Gasteiger partial charge is 0.357 e. The third kappa shape index (κ3) is 6.49. The Hall–Kier alpha value is -2.99. The van der Waals surface area contributed by atoms with Crippen LogP contribution in [0.15, 0.2) is 83.3 Å². The number of carbonyl (C=O) groups excluding carboxylic acids is 2. The van der Waals surface area contributed by atoms with E-state index < -0.39 is 6.04 Å². The molecule has 0 aliphatic carbocycles. The van der Waals surface area contributed by atoms with E-state index in [2.05, 4.69) is 21.2 Å². The summed E-state index contributed by atoms with van der Waals surface area (Å²) in [5, 5.41) is 2.70. The van der Waals surface area contributed by atoms with Crippen molar-refractivity contribution in [2.75, 3.05) is 7.05 Å². The fourth-order valence-electron chi connectivity index (χ4n) is 3.39. The molecule has 6 heteroatoms. The van der Waals surface area contributed by atoms with Gasteiger partial charge in [-0.25, -0.2) is 4.39 Å². The lowest BCUT2D eigenvalue weighted by molar-refractivity contribution is -0.140. The molecule has 3 aromatic rings. The van der Waals surface area contributed by atoms with Crippen molar-refractivity contribution in [3.63, 3.8) is 0 Å². The van der Waals surface area contributed by atoms with E-state index in [0.29, 0.717) is 12.0 Å². The second-order valence-corrected chi connectivity index (χ2v) is 8.19. The number of nitrogens with one attached hydrogen (secondary N) is 1. The molecule has 0 saturated carbocycles. The second-order valence-electron chi connectivity index (χ2n) is 7.27. The van der Waals surface area contributed by atoms with Crippen molar-refractivity contribution in [2.45, 2.75) is 25.4 Å². The molecule has 0 aromatic heterocycles. The molecule has 0 heterocycles. The van der Waals surface area contributed by atoms with Gasteiger partial charge in [0.15, 0.2) is 0 Å². The first-order valence-electron chi connectivity index (χ1n) is 10.00. The van der Waals surface area contributed by atoms with Gasteiger partial charge in [0.2, 0.25) is 11.8 Å². The molecule has 31 heavy (non-hydrogen) atoms. The van der Waals surface area contributed by atoms with Gasteiger partial charge in [-0.05, 0) is 41.0 Å². The van der Waals surface area contributed by atoms with Crippen LogP contribution in [0.25, 0.3) is 0 Å². The van der Waals surface area contributed by atoms with Crippen LogP contribution >= 0.6 is 15.9 Å². The zero-order valence-electron chi connectivity index (χ0n) is 17.2. The highest BCUT2D eigenvalue weighted by Crippen LogP contribution is 2.18. The Balaban J connectivity index is 1.92. The summed E-state index contributed by atoms with van der Waals surface area (Å²) in [6.07, 6.45) is 0.477. The van der Waals surface area contributed by atoms with Crippen LogP contribution in [-0.2, 0) is 29.0 Å². The molecule has 0 bridgehead atoms. The Morgan fingerprint density at radius 2 is 1.52 bits per heavy atom. The minimum Gasteiger partial charge on any atom is -0.357 e. The molecule has 3 aromatic carbocycles. The zero-order chi connectivity index (χ0) is 22.2. The minimum atomic E-state index is -0.677. The molecule has 0 aliphatic rings. The maximum Gasteiger partial charge on any atom is 0.242 e. The number of carbonyl (C=O) groups is 2. The van der Waals surface area contributed by atoms with Crippen molar-refractivity contribution in [1.82, 2.24) is 10.2 Å². The third-order valence-electron chi connectivity index (χ3n) is 5.05. The molecule has 160 valence electrons. The minimum absolute atomic E-state index is 0.0824. The Kier molecular flexibility index (Phi) is 7.95. The Bertz CT molecular complexity index is 1010. The summed E-state index contributed by atoms with van der Waals surface area (Å²) in [5.41, 5.74) is 2.58. The SMILES string of the molecule is CNC(=O)C(Cc1ccccc1)N(Cc1ccc(Br)cc1)C(=O)Cc1ccc(F)cc1. The molecule has 0 fully saturated rings. The lowest BCUT2D eigenvalue weighted by atomic mass is 10.0. The monoisotopic (exact) mass is 482 g/mol. The van der Waals surface area contributed by atoms with E-state index in [4.69, 9.17) is 0 Å². The summed E-state index contributed by atoms with van der Waals surface area (Å²) < 4.78 is 14.2. The van der Waals surface area contributed by atoms with Gasteiger partial charge in [0, 0.05) is 24.5 Å². The standard InChI is InChI=1S/C25H24BrFN2O2/c1-28-25(31)23(15-18-5-3-2-4-6-18)29(17-20-7-11-21(26)12-8-20)24(30)16-19-9-13-22(27)14-10-19/h2-14,23H,15-17H2,1H3,(H,28,31). The van der Waals surface area contributed by atoms with Crippen molar-refractivity contribution in [2.24, 2.45) is 0 Å². The molecule has 3 rings (SSSR count). The van der Waals surface area contributed by atoms with Crippen LogP contribution in [0.3, 0.4) is 0 Å². The van der Waals surface area contributed by atoms with E-state index in [-0.39, 0.29) is 30.6 Å². The van der Waals surface area contributed by atoms with E-state index in [0.717, 1.165) is 15.6 Å². The van der Waals surface area contributed by atoms with Crippen LogP contribution in [0.5, 0.6) is 0 Å². The Morgan fingerprint density at radius 3 is 2.13 bits per heavy atom. The molecule has 2 amide bonds. The molecule has 1 unspecified atom stereocenters. The third-order valence-corrected chi connectivity index (χ3v) is 5.58. The van der Waals surface area contributed by atoms with Crippen molar-refractivity contribution in [3.8, 4) is 0 Å². The van der Waals surface area contributed by atoms with Gasteiger partial charge < -0.3 is 10.2 Å². The quantitative estimate of drug-likeness (QED) is 0.513. The first-order valence-corrected chi connectivity index (χ1v) is 10.8. The van der Waals surface area contributed by atoms with Crippen LogP contribution in [-0.4, -0.2) is 29.8 Å². The maximum atomic E-state index is 13.4. The summed E-state index contributed by atoms with van der Waals surface area (Å²) in [5.74, 6) is -0.775. The number of hydrogen-bond acceptors (Lipinski definition) is 2. The van der Waals surface area contributed by atoms with Gasteiger partial charge in [-0.15, -0.1) is 0 Å². The van der Waals surface area contributed by atoms with Gasteiger partial charge in [0.1, 0.15) is 11.9 Å². The van der Waals surface area contributed by atoms with Gasteiger partial charge in [0.25, 0.3) is 0 Å². The van der Waals surface area contributed by atoms with Crippen molar-refractivity contribution in [1.29, 1.82) is 0 Å². The Labute approximate surface area is 190 Å². The van der Waals surface area contributed by atoms with Crippen LogP contribution < -0.4 is 5.32 Å². The summed E-state index contributed by atoms with van der Waals surface area (Å²) in [7, 11) is 1.57. The fraction of sp³-hybridized carbons (Fsp3) is 0.200. The number of amides is 2. The van der Waals surface area contributed by atoms with Crippen molar-refractivity contribution >= 4 is 27.7 Å². The summed E-state index contributed by atoms with van der Waals surface area (Å²) in [6, 6.07) is 22.5. The predicted octanol–water partition coefficient (Wildman–Crippen LogP) is 4.52. The smallest absolute Gasteiger partial charge is 0.242 e. The number of hydrogen-bond donors (Lipinski definition) is 1. The summed E-state index contributed by atoms with van der Waals surface area (Å²) >= 11 is 3.42. The van der Waals surface area contributed by atoms with Gasteiger partial charge in [-0.3, -0.25) is 9.59 Å². The Morgan fingerprint density at radius 1 is 0.903 bits per heavy atom.